The van der Waals surface area contributed by atoms with E-state index in [4.69, 9.17) is 0 Å². The number of nitrogens with zero attached hydrogens (tertiary/aromatic N) is 1. The number of aryl methyl sites for hydroxylation is 1. The average molecular weight is 278 g/mol. The van der Waals surface area contributed by atoms with Crippen LogP contribution < -0.4 is 5.56 Å². The fourth-order valence-corrected chi connectivity index (χ4v) is 2.71. The minimum atomic E-state index is 0.152. The summed E-state index contributed by atoms with van der Waals surface area (Å²) in [5.41, 5.74) is 1.21. The van der Waals surface area contributed by atoms with Crippen molar-refractivity contribution in [1.82, 2.24) is 4.57 Å². The second-order valence-electron chi connectivity index (χ2n) is 4.39. The van der Waals surface area contributed by atoms with Gasteiger partial charge in [-0.05, 0) is 38.0 Å². The van der Waals surface area contributed by atoms with Crippen LogP contribution in [0, 0.1) is 6.92 Å². The molecule has 1 aliphatic carbocycles. The van der Waals surface area contributed by atoms with E-state index in [1.165, 1.54) is 0 Å². The molecule has 82 valence electrons. The maximum absolute atomic E-state index is 12.3. The first-order chi connectivity index (χ1) is 7.68. The fraction of sp³-hybridized carbons (Fsp3) is 0.308. The first kappa shape index (κ1) is 10.1. The molecule has 0 spiro atoms. The van der Waals surface area contributed by atoms with E-state index in [0.29, 0.717) is 6.04 Å². The normalized spacial score (nSPS) is 15.6. The van der Waals surface area contributed by atoms with Gasteiger partial charge in [0.25, 0.3) is 5.56 Å². The zero-order chi connectivity index (χ0) is 11.3. The van der Waals surface area contributed by atoms with Gasteiger partial charge in [-0.25, -0.2) is 0 Å². The fourth-order valence-electron chi connectivity index (χ4n) is 2.23. The number of pyridine rings is 1. The number of fused-ring (bicyclic) bond motifs is 1. The van der Waals surface area contributed by atoms with Crippen molar-refractivity contribution in [2.45, 2.75) is 25.8 Å². The van der Waals surface area contributed by atoms with E-state index in [2.05, 4.69) is 22.0 Å². The highest BCUT2D eigenvalue weighted by molar-refractivity contribution is 9.10. The maximum Gasteiger partial charge on any atom is 0.258 e. The summed E-state index contributed by atoms with van der Waals surface area (Å²) in [5.74, 6) is 0. The first-order valence-electron chi connectivity index (χ1n) is 5.49. The zero-order valence-electron chi connectivity index (χ0n) is 9.03. The number of aromatic nitrogens is 1. The van der Waals surface area contributed by atoms with Gasteiger partial charge in [-0.15, -0.1) is 0 Å². The molecule has 0 atom stereocenters. The van der Waals surface area contributed by atoms with Crippen LogP contribution in [0.2, 0.25) is 0 Å². The predicted octanol–water partition coefficient (Wildman–Crippen LogP) is 3.41. The molecule has 1 heterocycles. The minimum Gasteiger partial charge on any atom is -0.309 e. The van der Waals surface area contributed by atoms with E-state index in [1.54, 1.807) is 0 Å². The Balaban J connectivity index is 2.43. The van der Waals surface area contributed by atoms with Gasteiger partial charge in [0.1, 0.15) is 0 Å². The highest BCUT2D eigenvalue weighted by atomic mass is 79.9. The lowest BCUT2D eigenvalue weighted by Gasteiger charge is -2.10. The van der Waals surface area contributed by atoms with Crippen LogP contribution in [0.1, 0.15) is 24.6 Å². The molecule has 0 saturated heterocycles. The highest BCUT2D eigenvalue weighted by Gasteiger charge is 2.26. The molecular formula is C13H12BrNO. The van der Waals surface area contributed by atoms with Gasteiger partial charge in [-0.2, -0.15) is 0 Å². The van der Waals surface area contributed by atoms with Crippen LogP contribution in [0.5, 0.6) is 0 Å². The summed E-state index contributed by atoms with van der Waals surface area (Å²) < 4.78 is 2.93. The van der Waals surface area contributed by atoms with Crippen molar-refractivity contribution in [2.24, 2.45) is 0 Å². The average Bonchev–Trinajstić information content (AvgIpc) is 3.04. The first-order valence-corrected chi connectivity index (χ1v) is 6.28. The molecule has 0 radical (unpaired) electrons. The molecule has 3 heteroatoms. The largest absolute Gasteiger partial charge is 0.309 e. The van der Waals surface area contributed by atoms with Crippen molar-refractivity contribution in [3.8, 4) is 0 Å². The third-order valence-corrected chi connectivity index (χ3v) is 3.84. The third kappa shape index (κ3) is 1.42. The van der Waals surface area contributed by atoms with E-state index < -0.39 is 0 Å². The Hall–Kier alpha value is -1.09. The summed E-state index contributed by atoms with van der Waals surface area (Å²) in [6, 6.07) is 8.33. The molecule has 3 rings (SSSR count). The van der Waals surface area contributed by atoms with Crippen LogP contribution in [0.4, 0.5) is 0 Å². The quantitative estimate of drug-likeness (QED) is 0.783. The standard InChI is InChI=1S/C13H12BrNO/c1-8-7-11-10(3-2-4-12(11)14)13(16)15(8)9-5-6-9/h2-4,7,9H,5-6H2,1H3. The summed E-state index contributed by atoms with van der Waals surface area (Å²) >= 11 is 3.49. The molecule has 1 aliphatic rings. The van der Waals surface area contributed by atoms with E-state index >= 15 is 0 Å². The molecule has 1 fully saturated rings. The topological polar surface area (TPSA) is 22.0 Å². The summed E-state index contributed by atoms with van der Waals surface area (Å²) in [6.45, 7) is 2.01. The molecule has 1 aromatic carbocycles. The van der Waals surface area contributed by atoms with E-state index in [0.717, 1.165) is 33.8 Å². The molecular weight excluding hydrogens is 266 g/mol. The molecule has 2 aromatic rings. The van der Waals surface area contributed by atoms with Crippen molar-refractivity contribution in [3.05, 3.63) is 44.8 Å². The minimum absolute atomic E-state index is 0.152. The smallest absolute Gasteiger partial charge is 0.258 e. The van der Waals surface area contributed by atoms with Gasteiger partial charge in [0.2, 0.25) is 0 Å². The summed E-state index contributed by atoms with van der Waals surface area (Å²) in [7, 11) is 0. The molecule has 0 unspecified atom stereocenters. The summed E-state index contributed by atoms with van der Waals surface area (Å²) in [4.78, 5) is 12.3. The lowest BCUT2D eigenvalue weighted by Crippen LogP contribution is -2.21. The Labute approximate surface area is 102 Å². The van der Waals surface area contributed by atoms with Crippen LogP contribution in [0.3, 0.4) is 0 Å². The third-order valence-electron chi connectivity index (χ3n) is 3.15. The Morgan fingerprint density at radius 3 is 2.75 bits per heavy atom. The Morgan fingerprint density at radius 1 is 1.31 bits per heavy atom. The Kier molecular flexibility index (Phi) is 2.18. The number of hydrogen-bond donors (Lipinski definition) is 0. The van der Waals surface area contributed by atoms with E-state index in [9.17, 15) is 4.79 Å². The van der Waals surface area contributed by atoms with Crippen molar-refractivity contribution in [1.29, 1.82) is 0 Å². The monoisotopic (exact) mass is 277 g/mol. The maximum atomic E-state index is 12.3. The van der Waals surface area contributed by atoms with Crippen molar-refractivity contribution in [3.63, 3.8) is 0 Å². The van der Waals surface area contributed by atoms with Gasteiger partial charge in [-0.3, -0.25) is 4.79 Å². The molecule has 0 bridgehead atoms. The molecule has 0 amide bonds. The second kappa shape index (κ2) is 3.45. The molecule has 0 aliphatic heterocycles. The van der Waals surface area contributed by atoms with Crippen molar-refractivity contribution in [2.75, 3.05) is 0 Å². The van der Waals surface area contributed by atoms with E-state index in [-0.39, 0.29) is 5.56 Å². The predicted molar refractivity (Wildman–Crippen MR) is 68.9 cm³/mol. The van der Waals surface area contributed by atoms with Crippen LogP contribution in [0.15, 0.2) is 33.5 Å². The van der Waals surface area contributed by atoms with Crippen LogP contribution >= 0.6 is 15.9 Å². The van der Waals surface area contributed by atoms with Gasteiger partial charge >= 0.3 is 0 Å². The Morgan fingerprint density at radius 2 is 2.06 bits per heavy atom. The molecule has 1 saturated carbocycles. The number of rotatable bonds is 1. The molecule has 1 aromatic heterocycles. The second-order valence-corrected chi connectivity index (χ2v) is 5.25. The summed E-state index contributed by atoms with van der Waals surface area (Å²) in [6.07, 6.45) is 2.28. The van der Waals surface area contributed by atoms with Gasteiger partial charge in [0.05, 0.1) is 0 Å². The van der Waals surface area contributed by atoms with Gasteiger partial charge in [0, 0.05) is 27.0 Å². The summed E-state index contributed by atoms with van der Waals surface area (Å²) in [5, 5.41) is 1.83. The van der Waals surface area contributed by atoms with Gasteiger partial charge in [0.15, 0.2) is 0 Å². The zero-order valence-corrected chi connectivity index (χ0v) is 10.6. The van der Waals surface area contributed by atoms with Crippen LogP contribution in [-0.2, 0) is 0 Å². The van der Waals surface area contributed by atoms with Crippen molar-refractivity contribution >= 4 is 26.7 Å². The van der Waals surface area contributed by atoms with Gasteiger partial charge < -0.3 is 4.57 Å². The number of hydrogen-bond acceptors (Lipinski definition) is 1. The number of halogens is 1. The SMILES string of the molecule is Cc1cc2c(Br)cccc2c(=O)n1C1CC1. The van der Waals surface area contributed by atoms with Gasteiger partial charge in [-0.1, -0.05) is 22.0 Å². The lowest BCUT2D eigenvalue weighted by atomic mass is 10.1. The highest BCUT2D eigenvalue weighted by Crippen LogP contribution is 2.35. The lowest BCUT2D eigenvalue weighted by molar-refractivity contribution is 0.689. The van der Waals surface area contributed by atoms with E-state index in [1.807, 2.05) is 29.7 Å². The molecule has 16 heavy (non-hydrogen) atoms. The van der Waals surface area contributed by atoms with Crippen LogP contribution in [-0.4, -0.2) is 4.57 Å². The Bertz CT molecular complexity index is 626. The molecule has 0 N–H and O–H groups in total. The molecule has 2 nitrogen and oxygen atoms in total. The van der Waals surface area contributed by atoms with Crippen LogP contribution in [0.25, 0.3) is 10.8 Å². The number of benzene rings is 1. The van der Waals surface area contributed by atoms with Crippen molar-refractivity contribution < 1.29 is 0 Å².